The van der Waals surface area contributed by atoms with E-state index in [0.29, 0.717) is 44.3 Å². The molecule has 0 bridgehead atoms. The number of aromatic nitrogens is 1. The van der Waals surface area contributed by atoms with Crippen molar-refractivity contribution in [2.45, 2.75) is 19.8 Å². The minimum Gasteiger partial charge on any atom is -0.436 e. The smallest absolute Gasteiger partial charge is 0.255 e. The second-order valence-electron chi connectivity index (χ2n) is 7.06. The third kappa shape index (κ3) is 4.14. The molecule has 6 heteroatoms. The Kier molecular flexibility index (Phi) is 5.31. The van der Waals surface area contributed by atoms with Gasteiger partial charge >= 0.3 is 0 Å². The van der Waals surface area contributed by atoms with Crippen LogP contribution in [0.3, 0.4) is 0 Å². The van der Waals surface area contributed by atoms with Crippen LogP contribution >= 0.6 is 23.2 Å². The number of oxazole rings is 1. The van der Waals surface area contributed by atoms with Gasteiger partial charge in [0.15, 0.2) is 5.58 Å². The molecule has 1 N–H and O–H groups in total. The minimum absolute atomic E-state index is 0.264. The summed E-state index contributed by atoms with van der Waals surface area (Å²) in [7, 11) is 0. The van der Waals surface area contributed by atoms with Crippen molar-refractivity contribution in [2.24, 2.45) is 0 Å². The SMILES string of the molecule is CC(C)c1ccc2oc(-c3cc(NC(=O)c4cccc(Cl)c4)ccc3Cl)nc2c1. The summed E-state index contributed by atoms with van der Waals surface area (Å²) < 4.78 is 5.90. The van der Waals surface area contributed by atoms with E-state index in [1.165, 1.54) is 5.56 Å². The van der Waals surface area contributed by atoms with Gasteiger partial charge < -0.3 is 9.73 Å². The number of carbonyl (C=O) groups is 1. The first kappa shape index (κ1) is 19.5. The Balaban J connectivity index is 1.66. The summed E-state index contributed by atoms with van der Waals surface area (Å²) in [4.78, 5) is 17.1. The monoisotopic (exact) mass is 424 g/mol. The van der Waals surface area contributed by atoms with Gasteiger partial charge in [-0.25, -0.2) is 4.98 Å². The summed E-state index contributed by atoms with van der Waals surface area (Å²) in [5, 5.41) is 3.84. The van der Waals surface area contributed by atoms with E-state index in [-0.39, 0.29) is 5.91 Å². The van der Waals surface area contributed by atoms with Crippen LogP contribution in [0, 0.1) is 0 Å². The molecule has 4 nitrogen and oxygen atoms in total. The predicted molar refractivity (Wildman–Crippen MR) is 118 cm³/mol. The molecule has 1 heterocycles. The number of anilines is 1. The van der Waals surface area contributed by atoms with Gasteiger partial charge in [-0.2, -0.15) is 0 Å². The van der Waals surface area contributed by atoms with Gasteiger partial charge in [-0.3, -0.25) is 4.79 Å². The number of amides is 1. The highest BCUT2D eigenvalue weighted by atomic mass is 35.5. The zero-order valence-electron chi connectivity index (χ0n) is 15.9. The molecule has 0 aliphatic carbocycles. The zero-order chi connectivity index (χ0) is 20.5. The fourth-order valence-electron chi connectivity index (χ4n) is 3.02. The largest absolute Gasteiger partial charge is 0.436 e. The van der Waals surface area contributed by atoms with Gasteiger partial charge in [0.05, 0.1) is 10.6 Å². The fourth-order valence-corrected chi connectivity index (χ4v) is 3.41. The van der Waals surface area contributed by atoms with Crippen LogP contribution in [0.5, 0.6) is 0 Å². The Labute approximate surface area is 178 Å². The van der Waals surface area contributed by atoms with Crippen molar-refractivity contribution in [3.8, 4) is 11.5 Å². The quantitative estimate of drug-likeness (QED) is 0.377. The summed E-state index contributed by atoms with van der Waals surface area (Å²) in [6.45, 7) is 4.26. The number of benzene rings is 3. The lowest BCUT2D eigenvalue weighted by molar-refractivity contribution is 0.102. The highest BCUT2D eigenvalue weighted by Crippen LogP contribution is 2.33. The standard InChI is InChI=1S/C23H18Cl2N2O2/c1-13(2)14-6-9-21-20(11-14)27-23(29-21)18-12-17(7-8-19(18)25)26-22(28)15-4-3-5-16(24)10-15/h3-13H,1-2H3,(H,26,28). The molecule has 0 radical (unpaired) electrons. The Morgan fingerprint density at radius 1 is 1.03 bits per heavy atom. The molecule has 4 rings (SSSR count). The maximum atomic E-state index is 12.5. The van der Waals surface area contributed by atoms with E-state index < -0.39 is 0 Å². The van der Waals surface area contributed by atoms with Crippen LogP contribution in [0.25, 0.3) is 22.6 Å². The zero-order valence-corrected chi connectivity index (χ0v) is 17.4. The molecule has 0 saturated carbocycles. The molecule has 3 aromatic carbocycles. The van der Waals surface area contributed by atoms with Gasteiger partial charge in [-0.1, -0.05) is 49.2 Å². The molecular weight excluding hydrogens is 407 g/mol. The van der Waals surface area contributed by atoms with Gasteiger partial charge in [0.1, 0.15) is 5.52 Å². The summed E-state index contributed by atoms with van der Waals surface area (Å²) >= 11 is 12.4. The third-order valence-corrected chi connectivity index (χ3v) is 5.18. The number of halogens is 2. The summed E-state index contributed by atoms with van der Waals surface area (Å²) in [6, 6.07) is 17.9. The molecule has 0 spiro atoms. The van der Waals surface area contributed by atoms with Crippen LogP contribution in [0.15, 0.2) is 65.1 Å². The van der Waals surface area contributed by atoms with Crippen molar-refractivity contribution < 1.29 is 9.21 Å². The van der Waals surface area contributed by atoms with Crippen molar-refractivity contribution in [3.63, 3.8) is 0 Å². The average Bonchev–Trinajstić information content (AvgIpc) is 3.12. The molecular formula is C23H18Cl2N2O2. The highest BCUT2D eigenvalue weighted by molar-refractivity contribution is 6.33. The van der Waals surface area contributed by atoms with Crippen LogP contribution in [-0.4, -0.2) is 10.9 Å². The van der Waals surface area contributed by atoms with E-state index in [1.807, 2.05) is 18.2 Å². The number of hydrogen-bond donors (Lipinski definition) is 1. The minimum atomic E-state index is -0.264. The molecule has 0 unspecified atom stereocenters. The lowest BCUT2D eigenvalue weighted by atomic mass is 10.0. The van der Waals surface area contributed by atoms with Gasteiger partial charge in [-0.05, 0) is 60.0 Å². The topological polar surface area (TPSA) is 55.1 Å². The first-order chi connectivity index (χ1) is 13.9. The number of carbonyl (C=O) groups excluding carboxylic acids is 1. The second kappa shape index (κ2) is 7.90. The van der Waals surface area contributed by atoms with Crippen molar-refractivity contribution in [1.82, 2.24) is 4.98 Å². The number of fused-ring (bicyclic) bond motifs is 1. The van der Waals surface area contributed by atoms with Gasteiger partial charge in [-0.15, -0.1) is 0 Å². The third-order valence-electron chi connectivity index (χ3n) is 4.62. The van der Waals surface area contributed by atoms with Crippen LogP contribution in [0.4, 0.5) is 5.69 Å². The fraction of sp³-hybridized carbons (Fsp3) is 0.130. The van der Waals surface area contributed by atoms with Crippen LogP contribution in [-0.2, 0) is 0 Å². The van der Waals surface area contributed by atoms with E-state index in [4.69, 9.17) is 27.6 Å². The molecule has 0 aliphatic rings. The Morgan fingerprint density at radius 3 is 2.62 bits per heavy atom. The van der Waals surface area contributed by atoms with E-state index in [1.54, 1.807) is 42.5 Å². The number of nitrogens with zero attached hydrogens (tertiary/aromatic N) is 1. The summed E-state index contributed by atoms with van der Waals surface area (Å²) in [5.74, 6) is 0.540. The Hall–Kier alpha value is -2.82. The number of nitrogens with one attached hydrogen (secondary N) is 1. The highest BCUT2D eigenvalue weighted by Gasteiger charge is 2.15. The average molecular weight is 425 g/mol. The molecule has 0 saturated heterocycles. The second-order valence-corrected chi connectivity index (χ2v) is 7.90. The molecule has 0 aliphatic heterocycles. The van der Waals surface area contributed by atoms with Crippen molar-refractivity contribution >= 4 is 45.9 Å². The Bertz CT molecular complexity index is 1210. The van der Waals surface area contributed by atoms with Crippen LogP contribution in [0.2, 0.25) is 10.0 Å². The lowest BCUT2D eigenvalue weighted by Crippen LogP contribution is -2.11. The molecule has 4 aromatic rings. The van der Waals surface area contributed by atoms with Crippen molar-refractivity contribution in [3.05, 3.63) is 81.8 Å². The molecule has 0 atom stereocenters. The molecule has 1 amide bonds. The van der Waals surface area contributed by atoms with E-state index in [2.05, 4.69) is 24.1 Å². The van der Waals surface area contributed by atoms with Crippen molar-refractivity contribution in [2.75, 3.05) is 5.32 Å². The van der Waals surface area contributed by atoms with E-state index in [9.17, 15) is 4.79 Å². The summed E-state index contributed by atoms with van der Waals surface area (Å²) in [5.41, 5.74) is 4.31. The normalized spacial score (nSPS) is 11.2. The summed E-state index contributed by atoms with van der Waals surface area (Å²) in [6.07, 6.45) is 0. The molecule has 29 heavy (non-hydrogen) atoms. The van der Waals surface area contributed by atoms with Crippen LogP contribution in [0.1, 0.15) is 35.7 Å². The first-order valence-electron chi connectivity index (χ1n) is 9.18. The molecule has 146 valence electrons. The van der Waals surface area contributed by atoms with Crippen LogP contribution < -0.4 is 5.32 Å². The predicted octanol–water partition coefficient (Wildman–Crippen LogP) is 7.18. The first-order valence-corrected chi connectivity index (χ1v) is 9.93. The molecule has 1 aromatic heterocycles. The van der Waals surface area contributed by atoms with Gasteiger partial charge in [0.25, 0.3) is 5.91 Å². The molecule has 0 fully saturated rings. The lowest BCUT2D eigenvalue weighted by Gasteiger charge is -2.08. The van der Waals surface area contributed by atoms with Crippen molar-refractivity contribution in [1.29, 1.82) is 0 Å². The van der Waals surface area contributed by atoms with E-state index >= 15 is 0 Å². The van der Waals surface area contributed by atoms with Gasteiger partial charge in [0.2, 0.25) is 5.89 Å². The number of rotatable bonds is 4. The number of hydrogen-bond acceptors (Lipinski definition) is 3. The van der Waals surface area contributed by atoms with Gasteiger partial charge in [0, 0.05) is 16.3 Å². The maximum absolute atomic E-state index is 12.5. The van der Waals surface area contributed by atoms with E-state index in [0.717, 1.165) is 5.52 Å². The Morgan fingerprint density at radius 2 is 1.86 bits per heavy atom. The maximum Gasteiger partial charge on any atom is 0.255 e.